The maximum absolute atomic E-state index is 11.7. The van der Waals surface area contributed by atoms with Crippen molar-refractivity contribution in [2.75, 3.05) is 5.32 Å². The Morgan fingerprint density at radius 3 is 2.58 bits per heavy atom. The van der Waals surface area contributed by atoms with E-state index in [-0.39, 0.29) is 0 Å². The molecule has 0 bridgehead atoms. The van der Waals surface area contributed by atoms with E-state index in [1.807, 2.05) is 24.3 Å². The van der Waals surface area contributed by atoms with Crippen LogP contribution in [0.1, 0.15) is 5.82 Å². The van der Waals surface area contributed by atoms with Gasteiger partial charge in [0.2, 0.25) is 0 Å². The molecule has 1 aliphatic heterocycles. The topological polar surface area (TPSA) is 80.9 Å². The van der Waals surface area contributed by atoms with Crippen LogP contribution in [0.5, 0.6) is 0 Å². The SMILES string of the molecule is NC(=O)/C(=C1\Nc2ccccc2S1)c1ncccn1. The fraction of sp³-hybridized carbons (Fsp3) is 0. The van der Waals surface area contributed by atoms with Crippen molar-refractivity contribution in [1.82, 2.24) is 9.97 Å². The second-order valence-corrected chi connectivity index (χ2v) is 4.92. The van der Waals surface area contributed by atoms with Crippen LogP contribution in [0.15, 0.2) is 52.7 Å². The normalized spacial score (nSPS) is 15.6. The van der Waals surface area contributed by atoms with Gasteiger partial charge in [-0.05, 0) is 18.2 Å². The standard InChI is InChI=1S/C13H10N4OS/c14-11(18)10(12-15-6-3-7-16-12)13-17-8-4-1-2-5-9(8)19-13/h1-7,17H,(H2,14,18)/b13-10-. The molecule has 0 unspecified atom stereocenters. The van der Waals surface area contributed by atoms with E-state index in [0.29, 0.717) is 16.4 Å². The summed E-state index contributed by atoms with van der Waals surface area (Å²) < 4.78 is 0. The molecule has 1 aromatic heterocycles. The highest BCUT2D eigenvalue weighted by molar-refractivity contribution is 8.04. The van der Waals surface area contributed by atoms with Gasteiger partial charge in [-0.1, -0.05) is 23.9 Å². The van der Waals surface area contributed by atoms with Crippen molar-refractivity contribution in [3.63, 3.8) is 0 Å². The molecule has 2 aromatic rings. The first-order valence-corrected chi connectivity index (χ1v) is 6.43. The van der Waals surface area contributed by atoms with E-state index in [4.69, 9.17) is 5.73 Å². The largest absolute Gasteiger partial charge is 0.365 e. The molecule has 5 nitrogen and oxygen atoms in total. The molecule has 1 amide bonds. The number of para-hydroxylation sites is 1. The van der Waals surface area contributed by atoms with E-state index in [2.05, 4.69) is 15.3 Å². The Morgan fingerprint density at radius 2 is 1.89 bits per heavy atom. The molecular weight excluding hydrogens is 260 g/mol. The Labute approximate surface area is 114 Å². The maximum atomic E-state index is 11.7. The van der Waals surface area contributed by atoms with Crippen LogP contribution in [0.3, 0.4) is 0 Å². The number of anilines is 1. The molecular formula is C13H10N4OS. The van der Waals surface area contributed by atoms with Crippen LogP contribution < -0.4 is 11.1 Å². The van der Waals surface area contributed by atoms with Gasteiger partial charge in [0.1, 0.15) is 5.57 Å². The minimum Gasteiger partial charge on any atom is -0.365 e. The number of amides is 1. The molecule has 3 N–H and O–H groups in total. The summed E-state index contributed by atoms with van der Waals surface area (Å²) in [5.41, 5.74) is 6.72. The van der Waals surface area contributed by atoms with Crippen molar-refractivity contribution in [2.45, 2.75) is 4.90 Å². The van der Waals surface area contributed by atoms with Crippen LogP contribution >= 0.6 is 11.8 Å². The van der Waals surface area contributed by atoms with Gasteiger partial charge in [0.15, 0.2) is 5.82 Å². The third kappa shape index (κ3) is 2.17. The molecule has 0 radical (unpaired) electrons. The fourth-order valence-corrected chi connectivity index (χ4v) is 2.83. The Morgan fingerprint density at radius 1 is 1.16 bits per heavy atom. The molecule has 2 heterocycles. The minimum atomic E-state index is -0.547. The lowest BCUT2D eigenvalue weighted by Crippen LogP contribution is -2.17. The molecule has 1 aliphatic rings. The molecule has 0 atom stereocenters. The molecule has 0 saturated carbocycles. The number of benzene rings is 1. The number of hydrogen-bond acceptors (Lipinski definition) is 5. The highest BCUT2D eigenvalue weighted by Crippen LogP contribution is 2.43. The number of thioether (sulfide) groups is 1. The van der Waals surface area contributed by atoms with Gasteiger partial charge in [0.25, 0.3) is 5.91 Å². The van der Waals surface area contributed by atoms with Crippen molar-refractivity contribution in [1.29, 1.82) is 0 Å². The Bertz CT molecular complexity index is 642. The molecule has 0 aliphatic carbocycles. The summed E-state index contributed by atoms with van der Waals surface area (Å²) in [6.45, 7) is 0. The second kappa shape index (κ2) is 4.74. The number of nitrogens with zero attached hydrogens (tertiary/aromatic N) is 2. The van der Waals surface area contributed by atoms with Crippen molar-refractivity contribution < 1.29 is 4.79 Å². The molecule has 6 heteroatoms. The Balaban J connectivity index is 2.08. The van der Waals surface area contributed by atoms with E-state index in [1.165, 1.54) is 11.8 Å². The summed E-state index contributed by atoms with van der Waals surface area (Å²) in [4.78, 5) is 20.9. The molecule has 0 fully saturated rings. The lowest BCUT2D eigenvalue weighted by molar-refractivity contribution is -0.112. The van der Waals surface area contributed by atoms with Crippen LogP contribution in [0.25, 0.3) is 5.57 Å². The lowest BCUT2D eigenvalue weighted by Gasteiger charge is -2.05. The average molecular weight is 270 g/mol. The number of nitrogens with two attached hydrogens (primary N) is 1. The van der Waals surface area contributed by atoms with E-state index >= 15 is 0 Å². The van der Waals surface area contributed by atoms with E-state index < -0.39 is 5.91 Å². The van der Waals surface area contributed by atoms with Gasteiger partial charge in [0, 0.05) is 17.3 Å². The summed E-state index contributed by atoms with van der Waals surface area (Å²) in [5.74, 6) is -0.216. The number of hydrogen-bond donors (Lipinski definition) is 2. The quantitative estimate of drug-likeness (QED) is 0.814. The van der Waals surface area contributed by atoms with Gasteiger partial charge in [-0.25, -0.2) is 9.97 Å². The van der Waals surface area contributed by atoms with Gasteiger partial charge in [-0.3, -0.25) is 4.79 Å². The summed E-state index contributed by atoms with van der Waals surface area (Å²) >= 11 is 1.46. The van der Waals surface area contributed by atoms with Crippen LogP contribution in [0, 0.1) is 0 Å². The number of nitrogens with one attached hydrogen (secondary N) is 1. The van der Waals surface area contributed by atoms with Gasteiger partial charge in [-0.2, -0.15) is 0 Å². The first kappa shape index (κ1) is 11.7. The third-order valence-corrected chi connectivity index (χ3v) is 3.70. The van der Waals surface area contributed by atoms with Gasteiger partial charge < -0.3 is 11.1 Å². The van der Waals surface area contributed by atoms with Crippen LogP contribution in [-0.4, -0.2) is 15.9 Å². The van der Waals surface area contributed by atoms with Crippen molar-refractivity contribution in [3.05, 3.63) is 53.6 Å². The van der Waals surface area contributed by atoms with E-state index in [1.54, 1.807) is 18.5 Å². The summed E-state index contributed by atoms with van der Waals surface area (Å²) in [5, 5.41) is 3.84. The molecule has 3 rings (SSSR count). The number of aromatic nitrogens is 2. The minimum absolute atomic E-state index is 0.307. The van der Waals surface area contributed by atoms with Gasteiger partial charge in [0.05, 0.1) is 10.7 Å². The number of primary amides is 1. The van der Waals surface area contributed by atoms with E-state index in [0.717, 1.165) is 10.6 Å². The number of fused-ring (bicyclic) bond motifs is 1. The molecule has 1 aromatic carbocycles. The Hall–Kier alpha value is -2.34. The summed E-state index contributed by atoms with van der Waals surface area (Å²) in [6, 6.07) is 9.48. The molecule has 0 saturated heterocycles. The monoisotopic (exact) mass is 270 g/mol. The highest BCUT2D eigenvalue weighted by atomic mass is 32.2. The van der Waals surface area contributed by atoms with Crippen LogP contribution in [-0.2, 0) is 4.79 Å². The summed E-state index contributed by atoms with van der Waals surface area (Å²) in [7, 11) is 0. The second-order valence-electron chi connectivity index (χ2n) is 3.86. The van der Waals surface area contributed by atoms with Crippen molar-refractivity contribution >= 4 is 28.9 Å². The third-order valence-electron chi connectivity index (χ3n) is 2.61. The smallest absolute Gasteiger partial charge is 0.255 e. The van der Waals surface area contributed by atoms with E-state index in [9.17, 15) is 4.79 Å². The molecule has 0 spiro atoms. The number of carbonyl (C=O) groups is 1. The Kier molecular flexibility index (Phi) is 2.92. The predicted octanol–water partition coefficient (Wildman–Crippen LogP) is 1.85. The summed E-state index contributed by atoms with van der Waals surface area (Å²) in [6.07, 6.45) is 3.16. The zero-order chi connectivity index (χ0) is 13.2. The maximum Gasteiger partial charge on any atom is 0.255 e. The zero-order valence-electron chi connectivity index (χ0n) is 9.83. The van der Waals surface area contributed by atoms with Crippen LogP contribution in [0.4, 0.5) is 5.69 Å². The predicted molar refractivity (Wildman–Crippen MR) is 74.1 cm³/mol. The van der Waals surface area contributed by atoms with Gasteiger partial charge >= 0.3 is 0 Å². The van der Waals surface area contributed by atoms with Crippen molar-refractivity contribution in [3.8, 4) is 0 Å². The fourth-order valence-electron chi connectivity index (χ4n) is 1.78. The first-order chi connectivity index (χ1) is 9.25. The highest BCUT2D eigenvalue weighted by Gasteiger charge is 2.24. The molecule has 19 heavy (non-hydrogen) atoms. The van der Waals surface area contributed by atoms with Crippen LogP contribution in [0.2, 0.25) is 0 Å². The number of rotatable bonds is 2. The average Bonchev–Trinajstić information content (AvgIpc) is 2.82. The first-order valence-electron chi connectivity index (χ1n) is 5.61. The molecule has 94 valence electrons. The number of carbonyl (C=O) groups excluding carboxylic acids is 1. The zero-order valence-corrected chi connectivity index (χ0v) is 10.6. The van der Waals surface area contributed by atoms with Gasteiger partial charge in [-0.15, -0.1) is 0 Å². The van der Waals surface area contributed by atoms with Crippen molar-refractivity contribution in [2.24, 2.45) is 5.73 Å². The lowest BCUT2D eigenvalue weighted by atomic mass is 10.2.